The van der Waals surface area contributed by atoms with Gasteiger partial charge < -0.3 is 20.6 Å². The zero-order chi connectivity index (χ0) is 13.0. The van der Waals surface area contributed by atoms with E-state index in [9.17, 15) is 9.90 Å². The lowest BCUT2D eigenvalue weighted by atomic mass is 10.1. The van der Waals surface area contributed by atoms with Gasteiger partial charge in [-0.3, -0.25) is 0 Å². The van der Waals surface area contributed by atoms with Crippen molar-refractivity contribution in [3.63, 3.8) is 0 Å². The third-order valence-corrected chi connectivity index (χ3v) is 1.78. The average Bonchev–Trinajstić information content (AvgIpc) is 1.95. The van der Waals surface area contributed by atoms with Crippen LogP contribution in [0.25, 0.3) is 0 Å². The van der Waals surface area contributed by atoms with E-state index in [1.807, 2.05) is 39.8 Å². The molecule has 16 heavy (non-hydrogen) atoms. The molecule has 0 aromatic carbocycles. The molecule has 0 aliphatic carbocycles. The largest absolute Gasteiger partial charge is 0.387 e. The fourth-order valence-electron chi connectivity index (χ4n) is 1.39. The van der Waals surface area contributed by atoms with Crippen molar-refractivity contribution >= 4 is 6.03 Å². The first-order chi connectivity index (χ1) is 7.02. The molecule has 0 aliphatic heterocycles. The van der Waals surface area contributed by atoms with Crippen LogP contribution in [0.2, 0.25) is 0 Å². The molecule has 0 spiro atoms. The molecule has 0 aromatic rings. The van der Waals surface area contributed by atoms with Crippen LogP contribution in [0.1, 0.15) is 27.7 Å². The lowest BCUT2D eigenvalue weighted by molar-refractivity contribution is 0.0358. The van der Waals surface area contributed by atoms with Gasteiger partial charge in [0.05, 0.1) is 5.60 Å². The van der Waals surface area contributed by atoms with Crippen molar-refractivity contribution in [3.8, 4) is 0 Å². The molecule has 0 fully saturated rings. The highest BCUT2D eigenvalue weighted by molar-refractivity contribution is 5.74. The van der Waals surface area contributed by atoms with Crippen molar-refractivity contribution in [3.05, 3.63) is 0 Å². The predicted octanol–water partition coefficient (Wildman–Crippen LogP) is 0.397. The zero-order valence-electron chi connectivity index (χ0n) is 11.2. The van der Waals surface area contributed by atoms with E-state index in [0.29, 0.717) is 6.54 Å². The molecular weight excluding hydrogens is 206 g/mol. The van der Waals surface area contributed by atoms with Crippen LogP contribution in [0.5, 0.6) is 0 Å². The number of hydrogen-bond donors (Lipinski definition) is 3. The third-order valence-electron chi connectivity index (χ3n) is 1.78. The Balaban J connectivity index is 4.00. The summed E-state index contributed by atoms with van der Waals surface area (Å²) in [7, 11) is 3.76. The number of carbonyl (C=O) groups excluding carboxylic acids is 1. The molecule has 0 bridgehead atoms. The summed E-state index contributed by atoms with van der Waals surface area (Å²) >= 11 is 0. The first-order valence-electron chi connectivity index (χ1n) is 5.45. The Bertz CT molecular complexity index is 232. The highest BCUT2D eigenvalue weighted by Gasteiger charge is 2.23. The molecule has 0 saturated heterocycles. The van der Waals surface area contributed by atoms with E-state index in [4.69, 9.17) is 0 Å². The minimum atomic E-state index is -0.918. The van der Waals surface area contributed by atoms with Gasteiger partial charge >= 0.3 is 6.03 Å². The van der Waals surface area contributed by atoms with Gasteiger partial charge in [0, 0.05) is 18.6 Å². The first-order valence-corrected chi connectivity index (χ1v) is 5.45. The quantitative estimate of drug-likeness (QED) is 0.656. The van der Waals surface area contributed by atoms with Gasteiger partial charge in [-0.25, -0.2) is 4.79 Å². The van der Waals surface area contributed by atoms with Crippen molar-refractivity contribution in [1.29, 1.82) is 0 Å². The standard InChI is InChI=1S/C11H25N3O2/c1-10(2,3)13-9(15)12-7-11(4,16)8-14(5)6/h16H,7-8H2,1-6H3,(H2,12,13,15). The van der Waals surface area contributed by atoms with Crippen LogP contribution in [0.15, 0.2) is 0 Å². The molecule has 1 atom stereocenters. The highest BCUT2D eigenvalue weighted by Crippen LogP contribution is 2.03. The molecular formula is C11H25N3O2. The molecule has 0 radical (unpaired) electrons. The number of rotatable bonds is 4. The lowest BCUT2D eigenvalue weighted by Gasteiger charge is -2.28. The maximum atomic E-state index is 11.4. The summed E-state index contributed by atoms with van der Waals surface area (Å²) in [5.41, 5.74) is -1.18. The van der Waals surface area contributed by atoms with Crippen molar-refractivity contribution in [2.45, 2.75) is 38.8 Å². The van der Waals surface area contributed by atoms with Crippen molar-refractivity contribution < 1.29 is 9.90 Å². The topological polar surface area (TPSA) is 64.6 Å². The lowest BCUT2D eigenvalue weighted by Crippen LogP contribution is -2.52. The van der Waals surface area contributed by atoms with E-state index in [0.717, 1.165) is 0 Å². The summed E-state index contributed by atoms with van der Waals surface area (Å²) in [5, 5.41) is 15.4. The minimum absolute atomic E-state index is 0.229. The Morgan fingerprint density at radius 2 is 1.75 bits per heavy atom. The zero-order valence-corrected chi connectivity index (χ0v) is 11.2. The van der Waals surface area contributed by atoms with Crippen LogP contribution in [0.3, 0.4) is 0 Å². The third kappa shape index (κ3) is 8.49. The maximum Gasteiger partial charge on any atom is 0.315 e. The van der Waals surface area contributed by atoms with Gasteiger partial charge in [-0.05, 0) is 41.8 Å². The SMILES string of the molecule is CN(C)CC(C)(O)CNC(=O)NC(C)(C)C. The van der Waals surface area contributed by atoms with Crippen LogP contribution < -0.4 is 10.6 Å². The van der Waals surface area contributed by atoms with E-state index in [-0.39, 0.29) is 18.1 Å². The number of amides is 2. The molecule has 0 saturated carbocycles. The van der Waals surface area contributed by atoms with Crippen LogP contribution in [0.4, 0.5) is 4.79 Å². The normalized spacial score (nSPS) is 15.8. The summed E-state index contributed by atoms with van der Waals surface area (Å²) < 4.78 is 0. The smallest absolute Gasteiger partial charge is 0.315 e. The van der Waals surface area contributed by atoms with Crippen LogP contribution in [-0.2, 0) is 0 Å². The minimum Gasteiger partial charge on any atom is -0.387 e. The van der Waals surface area contributed by atoms with Crippen LogP contribution in [0, 0.1) is 0 Å². The maximum absolute atomic E-state index is 11.4. The molecule has 2 amide bonds. The summed E-state index contributed by atoms with van der Waals surface area (Å²) in [6.07, 6.45) is 0. The monoisotopic (exact) mass is 231 g/mol. The van der Waals surface area contributed by atoms with Gasteiger partial charge in [-0.15, -0.1) is 0 Å². The number of hydrogen-bond acceptors (Lipinski definition) is 3. The molecule has 0 aromatic heterocycles. The Hall–Kier alpha value is -0.810. The van der Waals surface area contributed by atoms with E-state index in [1.165, 1.54) is 0 Å². The van der Waals surface area contributed by atoms with Gasteiger partial charge in [0.15, 0.2) is 0 Å². The predicted molar refractivity (Wildman–Crippen MR) is 65.5 cm³/mol. The van der Waals surface area contributed by atoms with E-state index in [2.05, 4.69) is 10.6 Å². The van der Waals surface area contributed by atoms with Crippen LogP contribution >= 0.6 is 0 Å². The summed E-state index contributed by atoms with van der Waals surface area (Å²) in [5.74, 6) is 0. The van der Waals surface area contributed by atoms with E-state index in [1.54, 1.807) is 6.92 Å². The highest BCUT2D eigenvalue weighted by atomic mass is 16.3. The van der Waals surface area contributed by atoms with Crippen molar-refractivity contribution in [2.75, 3.05) is 27.2 Å². The second-order valence-corrected chi connectivity index (χ2v) is 5.79. The molecule has 96 valence electrons. The molecule has 0 aliphatic rings. The van der Waals surface area contributed by atoms with Crippen molar-refractivity contribution in [2.24, 2.45) is 0 Å². The molecule has 5 heteroatoms. The van der Waals surface area contributed by atoms with Crippen LogP contribution in [-0.4, -0.2) is 54.4 Å². The number of carbonyl (C=O) groups is 1. The fraction of sp³-hybridized carbons (Fsp3) is 0.909. The van der Waals surface area contributed by atoms with Gasteiger partial charge in [-0.2, -0.15) is 0 Å². The molecule has 0 rings (SSSR count). The Morgan fingerprint density at radius 1 is 1.25 bits per heavy atom. The molecule has 0 heterocycles. The van der Waals surface area contributed by atoms with E-state index >= 15 is 0 Å². The molecule has 5 nitrogen and oxygen atoms in total. The average molecular weight is 231 g/mol. The number of urea groups is 1. The summed E-state index contributed by atoms with van der Waals surface area (Å²) in [4.78, 5) is 13.3. The van der Waals surface area contributed by atoms with Gasteiger partial charge in [0.2, 0.25) is 0 Å². The molecule has 1 unspecified atom stereocenters. The Morgan fingerprint density at radius 3 is 2.12 bits per heavy atom. The van der Waals surface area contributed by atoms with Gasteiger partial charge in [0.1, 0.15) is 0 Å². The summed E-state index contributed by atoms with van der Waals surface area (Å²) in [6.45, 7) is 8.15. The number of nitrogens with one attached hydrogen (secondary N) is 2. The fourth-order valence-corrected chi connectivity index (χ4v) is 1.39. The Labute approximate surface area is 98.2 Å². The Kier molecular flexibility index (Phi) is 5.22. The summed E-state index contributed by atoms with van der Waals surface area (Å²) in [6, 6.07) is -0.258. The second kappa shape index (κ2) is 5.50. The number of aliphatic hydroxyl groups is 1. The number of nitrogens with zero attached hydrogens (tertiary/aromatic N) is 1. The first kappa shape index (κ1) is 15.2. The molecule has 3 N–H and O–H groups in total. The second-order valence-electron chi connectivity index (χ2n) is 5.79. The van der Waals surface area contributed by atoms with E-state index < -0.39 is 5.60 Å². The number of likely N-dealkylation sites (N-methyl/N-ethyl adjacent to an activating group) is 1. The van der Waals surface area contributed by atoms with Crippen molar-refractivity contribution in [1.82, 2.24) is 15.5 Å². The van der Waals surface area contributed by atoms with Gasteiger partial charge in [-0.1, -0.05) is 0 Å². The van der Waals surface area contributed by atoms with Gasteiger partial charge in [0.25, 0.3) is 0 Å².